The smallest absolute Gasteiger partial charge is 0.870 e. The van der Waals surface area contributed by atoms with Crippen LogP contribution in [0.4, 0.5) is 11.6 Å². The summed E-state index contributed by atoms with van der Waals surface area (Å²) in [5.41, 5.74) is 0.971. The molecule has 16 nitrogen and oxygen atoms in total. The summed E-state index contributed by atoms with van der Waals surface area (Å²) in [4.78, 5) is 54.3. The zero-order chi connectivity index (χ0) is 26.8. The molecule has 41 heavy (non-hydrogen) atoms. The first-order valence-electron chi connectivity index (χ1n) is 12.0. The number of fused-ring (bicyclic) bond motifs is 2. The number of carbonyl (C=O) groups is 4. The Balaban J connectivity index is 0.000000268. The molecule has 6 N–H and O–H groups in total. The van der Waals surface area contributed by atoms with Crippen molar-refractivity contribution in [2.45, 2.75) is 32.6 Å². The molecular weight excluding hydrogens is 535 g/mol. The molecule has 0 atom stereocenters. The summed E-state index contributed by atoms with van der Waals surface area (Å²) >= 11 is 0. The molecule has 2 fully saturated rings. The summed E-state index contributed by atoms with van der Waals surface area (Å²) in [6.07, 6.45) is 9.39. The van der Waals surface area contributed by atoms with Gasteiger partial charge in [0.25, 0.3) is 0 Å². The van der Waals surface area contributed by atoms with E-state index in [1.54, 1.807) is 13.0 Å². The Morgan fingerprint density at radius 3 is 1.73 bits per heavy atom. The number of nitrogens with one attached hydrogen (secondary N) is 2. The number of amides is 2. The average Bonchev–Trinajstić information content (AvgIpc) is 3.84. The number of carboxylic acids is 1. The van der Waals surface area contributed by atoms with Gasteiger partial charge in [0.1, 0.15) is 11.1 Å². The molecule has 0 aliphatic heterocycles. The van der Waals surface area contributed by atoms with E-state index in [2.05, 4.69) is 30.8 Å². The van der Waals surface area contributed by atoms with Crippen LogP contribution in [-0.2, 0) is 14.3 Å². The summed E-state index contributed by atoms with van der Waals surface area (Å²) in [6.45, 7) is 2.03. The number of imidazole rings is 2. The van der Waals surface area contributed by atoms with Gasteiger partial charge >= 0.3 is 30.8 Å². The molecule has 0 aromatic carbocycles. The molecule has 212 valence electrons. The van der Waals surface area contributed by atoms with Gasteiger partial charge in [-0.3, -0.25) is 9.59 Å². The third-order valence-electron chi connectivity index (χ3n) is 5.93. The van der Waals surface area contributed by atoms with Crippen LogP contribution < -0.4 is 29.5 Å². The number of nitrogens with zero attached hydrogens (tertiary/aromatic N) is 6. The predicted molar refractivity (Wildman–Crippen MR) is 137 cm³/mol. The first-order chi connectivity index (χ1) is 18.4. The van der Waals surface area contributed by atoms with Gasteiger partial charge in [0, 0.05) is 24.2 Å². The zero-order valence-electron chi connectivity index (χ0n) is 22.3. The molecule has 17 heteroatoms. The number of carboxylic acid groups (broad SMARTS) is 1. The molecule has 0 saturated heterocycles. The Kier molecular flexibility index (Phi) is 11.1. The van der Waals surface area contributed by atoms with Crippen molar-refractivity contribution < 1.29 is 58.8 Å². The molecule has 2 aliphatic rings. The Morgan fingerprint density at radius 2 is 1.32 bits per heavy atom. The second kappa shape index (κ2) is 13.8. The number of aromatic nitrogens is 6. The van der Waals surface area contributed by atoms with E-state index in [9.17, 15) is 19.2 Å². The van der Waals surface area contributed by atoms with Gasteiger partial charge in [0.2, 0.25) is 11.8 Å². The first kappa shape index (κ1) is 32.8. The Bertz CT molecular complexity index is 1560. The van der Waals surface area contributed by atoms with Gasteiger partial charge in [-0.1, -0.05) is 0 Å². The van der Waals surface area contributed by atoms with Crippen molar-refractivity contribution in [2.24, 2.45) is 11.8 Å². The van der Waals surface area contributed by atoms with Crippen LogP contribution in [0.3, 0.4) is 0 Å². The number of carbonyl (C=O) groups excluding carboxylic acids is 3. The van der Waals surface area contributed by atoms with Crippen molar-refractivity contribution in [1.82, 2.24) is 29.2 Å². The van der Waals surface area contributed by atoms with Gasteiger partial charge < -0.3 is 31.4 Å². The largest absolute Gasteiger partial charge is 1.00 e. The Morgan fingerprint density at radius 1 is 0.878 bits per heavy atom. The van der Waals surface area contributed by atoms with Crippen LogP contribution in [0.1, 0.15) is 53.3 Å². The minimum absolute atomic E-state index is 0. The number of anilines is 2. The molecule has 0 bridgehead atoms. The van der Waals surface area contributed by atoms with Crippen molar-refractivity contribution in [3.05, 3.63) is 48.0 Å². The second-order valence-electron chi connectivity index (χ2n) is 8.80. The fourth-order valence-corrected chi connectivity index (χ4v) is 3.64. The summed E-state index contributed by atoms with van der Waals surface area (Å²) in [6, 6.07) is 2.92. The van der Waals surface area contributed by atoms with E-state index in [0.717, 1.165) is 25.7 Å². The van der Waals surface area contributed by atoms with Crippen molar-refractivity contribution >= 4 is 46.7 Å². The van der Waals surface area contributed by atoms with Gasteiger partial charge in [-0.15, -0.1) is 0 Å². The molecular formula is C24H27LiN8O8. The molecule has 0 spiro atoms. The zero-order valence-corrected chi connectivity index (χ0v) is 22.3. The molecule has 2 aliphatic carbocycles. The van der Waals surface area contributed by atoms with E-state index in [4.69, 9.17) is 9.84 Å². The number of hydrogen-bond acceptors (Lipinski definition) is 10. The fraction of sp³-hybridized carbons (Fsp3) is 0.333. The van der Waals surface area contributed by atoms with Gasteiger partial charge in [-0.2, -0.15) is 19.2 Å². The first-order valence-corrected chi connectivity index (χ1v) is 12.0. The Hall–Kier alpha value is -4.36. The fourth-order valence-electron chi connectivity index (χ4n) is 3.64. The van der Waals surface area contributed by atoms with Crippen LogP contribution in [0.15, 0.2) is 36.9 Å². The second-order valence-corrected chi connectivity index (χ2v) is 8.80. The molecule has 2 amide bonds. The minimum Gasteiger partial charge on any atom is -0.870 e. The Labute approximate surface area is 244 Å². The third-order valence-corrected chi connectivity index (χ3v) is 5.93. The molecule has 4 aromatic rings. The topological polar surface area (TPSA) is 244 Å². The normalized spacial score (nSPS) is 13.4. The maximum Gasteiger partial charge on any atom is 1.00 e. The SMILES string of the molecule is CCOC(=O)c1ccnn2c(NC(=O)C3CC3)cnc12.O.O=C(O)c1ccnn2c(NC(=O)C3CC3)cnc12.[Li+].[OH-]. The molecule has 2 saturated carbocycles. The van der Waals surface area contributed by atoms with Crippen LogP contribution in [0.5, 0.6) is 0 Å². The van der Waals surface area contributed by atoms with E-state index < -0.39 is 11.9 Å². The third kappa shape index (κ3) is 7.24. The van der Waals surface area contributed by atoms with E-state index in [0.29, 0.717) is 29.5 Å². The number of esters is 1. The van der Waals surface area contributed by atoms with Crippen LogP contribution in [0.2, 0.25) is 0 Å². The molecule has 0 unspecified atom stereocenters. The average molecular weight is 562 g/mol. The number of rotatable bonds is 7. The van der Waals surface area contributed by atoms with E-state index in [-0.39, 0.29) is 64.7 Å². The predicted octanol–water partition coefficient (Wildman–Crippen LogP) is -1.97. The number of ether oxygens (including phenoxy) is 1. The summed E-state index contributed by atoms with van der Waals surface area (Å²) < 4.78 is 7.73. The number of aromatic carboxylic acids is 1. The van der Waals surface area contributed by atoms with Gasteiger partial charge in [0.05, 0.1) is 19.0 Å². The van der Waals surface area contributed by atoms with E-state index >= 15 is 0 Å². The van der Waals surface area contributed by atoms with Crippen LogP contribution in [0, 0.1) is 11.8 Å². The van der Waals surface area contributed by atoms with Crippen LogP contribution in [-0.4, -0.2) is 75.6 Å². The van der Waals surface area contributed by atoms with Crippen molar-refractivity contribution in [1.29, 1.82) is 0 Å². The molecule has 4 heterocycles. The molecule has 6 rings (SSSR count). The van der Waals surface area contributed by atoms with Crippen molar-refractivity contribution in [3.8, 4) is 0 Å². The minimum atomic E-state index is -1.08. The van der Waals surface area contributed by atoms with E-state index in [1.165, 1.54) is 39.9 Å². The molecule has 0 radical (unpaired) electrons. The van der Waals surface area contributed by atoms with Crippen LogP contribution in [0.25, 0.3) is 11.3 Å². The summed E-state index contributed by atoms with van der Waals surface area (Å²) in [7, 11) is 0. The summed E-state index contributed by atoms with van der Waals surface area (Å²) in [5, 5.41) is 22.6. The monoisotopic (exact) mass is 562 g/mol. The summed E-state index contributed by atoms with van der Waals surface area (Å²) in [5.74, 6) is -0.617. The standard InChI is InChI=1S/C13H14N4O3.C11H10N4O3.Li.2H2O/c1-2-20-13(19)9-5-6-15-17-10(7-14-11(9)17)16-12(18)8-3-4-8;16-10(6-1-2-6)14-8-5-12-9-7(11(17)18)3-4-13-15(8)9;;;/h5-8H,2-4H2,1H3,(H,16,18);3-6H,1-2H2,(H,14,16)(H,17,18);;2*1H2/q;;+1;;/p-1. The van der Waals surface area contributed by atoms with Crippen molar-refractivity contribution in [3.63, 3.8) is 0 Å². The van der Waals surface area contributed by atoms with Crippen LogP contribution >= 0.6 is 0 Å². The van der Waals surface area contributed by atoms with Gasteiger partial charge in [0.15, 0.2) is 22.9 Å². The van der Waals surface area contributed by atoms with Crippen molar-refractivity contribution in [2.75, 3.05) is 17.2 Å². The van der Waals surface area contributed by atoms with Gasteiger partial charge in [-0.25, -0.2) is 19.6 Å². The maximum atomic E-state index is 11.8. The van der Waals surface area contributed by atoms with E-state index in [1.807, 2.05) is 0 Å². The number of hydrogen-bond donors (Lipinski definition) is 3. The molecule has 4 aromatic heterocycles. The maximum absolute atomic E-state index is 11.8. The quantitative estimate of drug-likeness (QED) is 0.165. The van der Waals surface area contributed by atoms with Gasteiger partial charge in [-0.05, 0) is 44.7 Å².